The monoisotopic (exact) mass is 322 g/mol. The number of hydrogen-bond acceptors (Lipinski definition) is 7. The first kappa shape index (κ1) is 15.2. The molecule has 7 nitrogen and oxygen atoms in total. The molecule has 5 aliphatic rings. The van der Waals surface area contributed by atoms with Gasteiger partial charge in [0.1, 0.15) is 0 Å². The topological polar surface area (TPSA) is 78.7 Å². The van der Waals surface area contributed by atoms with Crippen molar-refractivity contribution in [3.8, 4) is 0 Å². The summed E-state index contributed by atoms with van der Waals surface area (Å²) < 4.78 is 11.6. The van der Waals surface area contributed by atoms with Crippen LogP contribution in [0.1, 0.15) is 39.5 Å². The van der Waals surface area contributed by atoms with Crippen LogP contribution in [0.3, 0.4) is 0 Å². The van der Waals surface area contributed by atoms with Crippen molar-refractivity contribution < 1.29 is 24.0 Å². The Bertz CT molecular complexity index is 567. The minimum Gasteiger partial charge on any atom is -0.431 e. The van der Waals surface area contributed by atoms with Gasteiger partial charge in [-0.05, 0) is 32.1 Å². The van der Waals surface area contributed by atoms with Crippen molar-refractivity contribution in [3.63, 3.8) is 0 Å². The minimum absolute atomic E-state index is 0.165. The summed E-state index contributed by atoms with van der Waals surface area (Å²) in [5, 5.41) is 7.93. The van der Waals surface area contributed by atoms with Crippen LogP contribution in [0.2, 0.25) is 0 Å². The van der Waals surface area contributed by atoms with Crippen LogP contribution in [0.15, 0.2) is 23.0 Å². The van der Waals surface area contributed by atoms with Crippen molar-refractivity contribution in [2.24, 2.45) is 28.0 Å². The maximum Gasteiger partial charge on any atom is 0.335 e. The number of azo groups is 1. The second-order valence-corrected chi connectivity index (χ2v) is 7.21. The Morgan fingerprint density at radius 2 is 2.09 bits per heavy atom. The molecule has 7 atom stereocenters. The van der Waals surface area contributed by atoms with E-state index >= 15 is 0 Å². The second-order valence-electron chi connectivity index (χ2n) is 7.21. The highest BCUT2D eigenvalue weighted by Gasteiger charge is 2.71. The maximum absolute atomic E-state index is 12.4. The molecule has 0 unspecified atom stereocenters. The van der Waals surface area contributed by atoms with Crippen molar-refractivity contribution in [1.82, 2.24) is 0 Å². The first-order valence-electron chi connectivity index (χ1n) is 8.26. The van der Waals surface area contributed by atoms with Gasteiger partial charge in [-0.1, -0.05) is 13.5 Å². The van der Waals surface area contributed by atoms with Crippen LogP contribution in [0.4, 0.5) is 0 Å². The number of carbonyl (C=O) groups is 1. The van der Waals surface area contributed by atoms with E-state index in [1.807, 2.05) is 6.92 Å². The highest BCUT2D eigenvalue weighted by Crippen LogP contribution is 2.59. The van der Waals surface area contributed by atoms with Gasteiger partial charge >= 0.3 is 5.97 Å². The van der Waals surface area contributed by atoms with Gasteiger partial charge in [0.2, 0.25) is 12.1 Å². The van der Waals surface area contributed by atoms with Crippen LogP contribution in [-0.2, 0) is 24.0 Å². The van der Waals surface area contributed by atoms with Gasteiger partial charge in [-0.2, -0.15) is 10.2 Å². The van der Waals surface area contributed by atoms with E-state index in [2.05, 4.69) is 23.7 Å². The van der Waals surface area contributed by atoms with E-state index in [9.17, 15) is 4.79 Å². The van der Waals surface area contributed by atoms with Gasteiger partial charge in [0, 0.05) is 24.5 Å². The fourth-order valence-electron chi connectivity index (χ4n) is 4.74. The Morgan fingerprint density at radius 1 is 1.26 bits per heavy atom. The zero-order valence-corrected chi connectivity index (χ0v) is 13.4. The third-order valence-corrected chi connectivity index (χ3v) is 5.89. The zero-order valence-electron chi connectivity index (χ0n) is 13.4. The van der Waals surface area contributed by atoms with Gasteiger partial charge in [0.05, 0.1) is 0 Å². The van der Waals surface area contributed by atoms with Gasteiger partial charge in [-0.15, -0.1) is 0 Å². The third kappa shape index (κ3) is 2.03. The van der Waals surface area contributed by atoms with Crippen molar-refractivity contribution in [2.75, 3.05) is 0 Å². The molecule has 0 aromatic carbocycles. The summed E-state index contributed by atoms with van der Waals surface area (Å²) in [7, 11) is 0. The number of carbonyl (C=O) groups excluding carboxylic acids is 1. The van der Waals surface area contributed by atoms with E-state index in [0.29, 0.717) is 12.3 Å². The van der Waals surface area contributed by atoms with Gasteiger partial charge in [0.15, 0.2) is 11.6 Å². The molecule has 4 saturated heterocycles. The molecule has 0 aromatic heterocycles. The highest BCUT2D eigenvalue weighted by atomic mass is 17.3. The third-order valence-electron chi connectivity index (χ3n) is 5.89. The molecule has 2 bridgehead atoms. The van der Waals surface area contributed by atoms with Crippen LogP contribution in [-0.4, -0.2) is 29.7 Å². The predicted molar refractivity (Wildman–Crippen MR) is 77.7 cm³/mol. The summed E-state index contributed by atoms with van der Waals surface area (Å²) in [6, 6.07) is -0.700. The second kappa shape index (κ2) is 5.09. The number of nitrogens with zero attached hydrogens (tertiary/aromatic N) is 2. The molecule has 7 heteroatoms. The lowest BCUT2D eigenvalue weighted by molar-refractivity contribution is -0.557. The molecule has 0 aromatic rings. The summed E-state index contributed by atoms with van der Waals surface area (Å²) in [6.45, 7) is 7.56. The smallest absolute Gasteiger partial charge is 0.335 e. The molecule has 1 saturated carbocycles. The molecule has 0 amide bonds. The quantitative estimate of drug-likeness (QED) is 0.444. The number of esters is 1. The fraction of sp³-hybridized carbons (Fsp3) is 0.812. The Hall–Kier alpha value is -1.31. The van der Waals surface area contributed by atoms with Crippen LogP contribution < -0.4 is 0 Å². The number of rotatable bonds is 2. The molecule has 5 fully saturated rings. The van der Waals surface area contributed by atoms with Crippen LogP contribution in [0.25, 0.3) is 0 Å². The van der Waals surface area contributed by atoms with Crippen molar-refractivity contribution in [2.45, 2.75) is 63.3 Å². The molecule has 1 aliphatic carbocycles. The van der Waals surface area contributed by atoms with E-state index in [-0.39, 0.29) is 11.8 Å². The van der Waals surface area contributed by atoms with Gasteiger partial charge in [0.25, 0.3) is 0 Å². The van der Waals surface area contributed by atoms with E-state index in [4.69, 9.17) is 19.2 Å². The molecular weight excluding hydrogens is 300 g/mol. The Labute approximate surface area is 134 Å². The lowest BCUT2D eigenvalue weighted by atomic mass is 9.59. The van der Waals surface area contributed by atoms with Crippen LogP contribution in [0, 0.1) is 17.8 Å². The Balaban J connectivity index is 1.80. The molecule has 0 radical (unpaired) electrons. The van der Waals surface area contributed by atoms with Gasteiger partial charge < -0.3 is 9.47 Å². The van der Waals surface area contributed by atoms with Crippen molar-refractivity contribution in [3.05, 3.63) is 12.8 Å². The van der Waals surface area contributed by atoms with Crippen molar-refractivity contribution >= 4 is 5.97 Å². The van der Waals surface area contributed by atoms with Crippen LogP contribution >= 0.6 is 0 Å². The SMILES string of the molecule is C=CN=N[C@H]1C(=O)O[C@@H]2O[C@]3(C)CC[C@H]4[C@H](C)CC[C@@H]1[C@@]24OO3. The summed E-state index contributed by atoms with van der Waals surface area (Å²) in [5.74, 6) is -0.807. The molecule has 0 N–H and O–H groups in total. The number of fused-ring (bicyclic) bond motifs is 2. The largest absolute Gasteiger partial charge is 0.431 e. The minimum atomic E-state index is -0.868. The van der Waals surface area contributed by atoms with E-state index in [1.165, 1.54) is 6.20 Å². The molecule has 4 heterocycles. The zero-order chi connectivity index (χ0) is 16.2. The first-order valence-corrected chi connectivity index (χ1v) is 8.26. The number of ether oxygens (including phenoxy) is 2. The molecule has 23 heavy (non-hydrogen) atoms. The average molecular weight is 322 g/mol. The first-order chi connectivity index (χ1) is 11.0. The molecular formula is C16H22N2O5. The highest BCUT2D eigenvalue weighted by molar-refractivity contribution is 5.78. The normalized spacial score (nSPS) is 51.9. The summed E-state index contributed by atoms with van der Waals surface area (Å²) in [6.07, 6.45) is 4.00. The van der Waals surface area contributed by atoms with E-state index in [1.54, 1.807) is 0 Å². The van der Waals surface area contributed by atoms with Crippen molar-refractivity contribution in [1.29, 1.82) is 0 Å². The van der Waals surface area contributed by atoms with Crippen LogP contribution in [0.5, 0.6) is 0 Å². The molecule has 126 valence electrons. The molecule has 4 aliphatic heterocycles. The van der Waals surface area contributed by atoms with Gasteiger partial charge in [-0.3, -0.25) is 0 Å². The van der Waals surface area contributed by atoms with E-state index in [0.717, 1.165) is 19.3 Å². The molecule has 5 rings (SSSR count). The summed E-state index contributed by atoms with van der Waals surface area (Å²) in [5.41, 5.74) is -0.799. The lowest BCUT2D eigenvalue weighted by Crippen LogP contribution is -2.71. The summed E-state index contributed by atoms with van der Waals surface area (Å²) >= 11 is 0. The van der Waals surface area contributed by atoms with E-state index < -0.39 is 29.7 Å². The standard InChI is InChI=1S/C16H22N2O5/c1-4-17-18-12-11-6-5-9(2)10-7-8-15(3)21-14(20-13(12)19)16(10,11)23-22-15/h4,9-12,14H,1,5-8H2,2-3H3/t9-,10+,11+,12-,14-,15+,16-/m1/s1. The summed E-state index contributed by atoms with van der Waals surface area (Å²) in [4.78, 5) is 24.0. The molecule has 1 spiro atoms. The average Bonchev–Trinajstić information content (AvgIpc) is 2.74. The lowest BCUT2D eigenvalue weighted by Gasteiger charge is -2.57. The fourth-order valence-corrected chi connectivity index (χ4v) is 4.74. The Morgan fingerprint density at radius 3 is 2.87 bits per heavy atom. The number of hydrogen-bond donors (Lipinski definition) is 0. The Kier molecular flexibility index (Phi) is 3.37. The maximum atomic E-state index is 12.4. The van der Waals surface area contributed by atoms with Gasteiger partial charge in [-0.25, -0.2) is 14.6 Å². The predicted octanol–water partition coefficient (Wildman–Crippen LogP) is 2.72.